The first-order valence-electron chi connectivity index (χ1n) is 8.15. The Bertz CT molecular complexity index is 470. The molecule has 4 heteroatoms. The lowest BCUT2D eigenvalue weighted by Crippen LogP contribution is -2.45. The van der Waals surface area contributed by atoms with Crippen LogP contribution in [0.3, 0.4) is 0 Å². The number of ether oxygens (including phenoxy) is 1. The van der Waals surface area contributed by atoms with Gasteiger partial charge in [0.1, 0.15) is 5.75 Å². The molecule has 1 aromatic carbocycles. The summed E-state index contributed by atoms with van der Waals surface area (Å²) in [5, 5.41) is 3.46. The molecule has 0 aromatic heterocycles. The van der Waals surface area contributed by atoms with Crippen LogP contribution in [0.15, 0.2) is 22.7 Å². The molecule has 0 unspecified atom stereocenters. The molecule has 3 rings (SSSR count). The van der Waals surface area contributed by atoms with E-state index < -0.39 is 0 Å². The molecule has 1 saturated heterocycles. The maximum atomic E-state index is 5.90. The van der Waals surface area contributed by atoms with E-state index in [-0.39, 0.29) is 0 Å². The normalized spacial score (nSPS) is 21.2. The molecular weight excluding hydrogens is 328 g/mol. The summed E-state index contributed by atoms with van der Waals surface area (Å²) in [6.07, 6.45) is 4.08. The standard InChI is InChI=1S/C17H25BrN2O/c1-2-21-17-6-5-14(18)12-15(17)16(11-13-3-4-13)20-9-7-19-8-10-20/h5-6,12-13,16,19H,2-4,7-11H2,1H3/t16-/m1/s1. The summed E-state index contributed by atoms with van der Waals surface area (Å²) in [7, 11) is 0. The zero-order valence-electron chi connectivity index (χ0n) is 12.8. The smallest absolute Gasteiger partial charge is 0.124 e. The van der Waals surface area contributed by atoms with Crippen molar-refractivity contribution in [2.75, 3.05) is 32.8 Å². The van der Waals surface area contributed by atoms with Crippen molar-refractivity contribution in [3.63, 3.8) is 0 Å². The molecule has 116 valence electrons. The average Bonchev–Trinajstić information content (AvgIpc) is 3.32. The summed E-state index contributed by atoms with van der Waals surface area (Å²) in [5.74, 6) is 1.98. The van der Waals surface area contributed by atoms with Gasteiger partial charge < -0.3 is 10.1 Å². The van der Waals surface area contributed by atoms with Crippen LogP contribution in [0, 0.1) is 5.92 Å². The molecule has 2 aliphatic rings. The molecule has 1 saturated carbocycles. The third-order valence-electron chi connectivity index (χ3n) is 4.48. The molecule has 0 spiro atoms. The van der Waals surface area contributed by atoms with E-state index in [2.05, 4.69) is 51.3 Å². The average molecular weight is 353 g/mol. The van der Waals surface area contributed by atoms with E-state index in [1.807, 2.05) is 0 Å². The maximum absolute atomic E-state index is 5.90. The largest absolute Gasteiger partial charge is 0.494 e. The summed E-state index contributed by atoms with van der Waals surface area (Å²) < 4.78 is 7.05. The van der Waals surface area contributed by atoms with Gasteiger partial charge in [0.25, 0.3) is 0 Å². The van der Waals surface area contributed by atoms with E-state index in [0.29, 0.717) is 6.04 Å². The minimum atomic E-state index is 0.499. The zero-order valence-corrected chi connectivity index (χ0v) is 14.4. The minimum Gasteiger partial charge on any atom is -0.494 e. The van der Waals surface area contributed by atoms with E-state index in [9.17, 15) is 0 Å². The molecule has 0 bridgehead atoms. The number of nitrogens with zero attached hydrogens (tertiary/aromatic N) is 1. The van der Waals surface area contributed by atoms with Gasteiger partial charge in [0.2, 0.25) is 0 Å². The molecule has 1 aliphatic carbocycles. The van der Waals surface area contributed by atoms with Gasteiger partial charge in [-0.15, -0.1) is 0 Å². The molecule has 2 fully saturated rings. The molecule has 0 amide bonds. The van der Waals surface area contributed by atoms with Crippen LogP contribution in [0.25, 0.3) is 0 Å². The molecule has 1 N–H and O–H groups in total. The van der Waals surface area contributed by atoms with Crippen LogP contribution in [-0.2, 0) is 0 Å². The van der Waals surface area contributed by atoms with Crippen LogP contribution >= 0.6 is 15.9 Å². The van der Waals surface area contributed by atoms with E-state index in [1.165, 1.54) is 24.8 Å². The number of halogens is 1. The summed E-state index contributed by atoms with van der Waals surface area (Å²) in [6.45, 7) is 7.25. The second-order valence-electron chi connectivity index (χ2n) is 6.10. The molecule has 1 aliphatic heterocycles. The van der Waals surface area contributed by atoms with Crippen molar-refractivity contribution in [2.24, 2.45) is 5.92 Å². The molecule has 21 heavy (non-hydrogen) atoms. The van der Waals surface area contributed by atoms with E-state index in [4.69, 9.17) is 4.74 Å². The van der Waals surface area contributed by atoms with Crippen LogP contribution < -0.4 is 10.1 Å². The number of rotatable bonds is 6. The first-order valence-corrected chi connectivity index (χ1v) is 8.94. The zero-order chi connectivity index (χ0) is 14.7. The predicted octanol–water partition coefficient (Wildman–Crippen LogP) is 3.59. The second-order valence-corrected chi connectivity index (χ2v) is 7.01. The van der Waals surface area contributed by atoms with Crippen molar-refractivity contribution in [1.29, 1.82) is 0 Å². The highest BCUT2D eigenvalue weighted by Gasteiger charge is 2.32. The first-order chi connectivity index (χ1) is 10.3. The van der Waals surface area contributed by atoms with Crippen LogP contribution in [0.1, 0.15) is 37.8 Å². The molecule has 1 heterocycles. The Kier molecular flexibility index (Phi) is 5.19. The fraction of sp³-hybridized carbons (Fsp3) is 0.647. The number of nitrogens with one attached hydrogen (secondary N) is 1. The predicted molar refractivity (Wildman–Crippen MR) is 89.8 cm³/mol. The Labute approximate surface area is 136 Å². The van der Waals surface area contributed by atoms with Crippen LogP contribution in [0.2, 0.25) is 0 Å². The van der Waals surface area contributed by atoms with Crippen molar-refractivity contribution < 1.29 is 4.74 Å². The van der Waals surface area contributed by atoms with Gasteiger partial charge in [-0.05, 0) is 37.5 Å². The van der Waals surface area contributed by atoms with Crippen molar-refractivity contribution >= 4 is 15.9 Å². The summed E-state index contributed by atoms with van der Waals surface area (Å²) in [4.78, 5) is 2.64. The van der Waals surface area contributed by atoms with Gasteiger partial charge >= 0.3 is 0 Å². The van der Waals surface area contributed by atoms with Crippen LogP contribution in [0.5, 0.6) is 5.75 Å². The second kappa shape index (κ2) is 7.12. The monoisotopic (exact) mass is 352 g/mol. The number of hydrogen-bond acceptors (Lipinski definition) is 3. The van der Waals surface area contributed by atoms with Gasteiger partial charge in [-0.25, -0.2) is 0 Å². The highest BCUT2D eigenvalue weighted by Crippen LogP contribution is 2.43. The van der Waals surface area contributed by atoms with E-state index in [1.54, 1.807) is 0 Å². The third kappa shape index (κ3) is 3.99. The van der Waals surface area contributed by atoms with Crippen LogP contribution in [0.4, 0.5) is 0 Å². The van der Waals surface area contributed by atoms with Gasteiger partial charge in [-0.3, -0.25) is 4.90 Å². The summed E-state index contributed by atoms with van der Waals surface area (Å²) >= 11 is 3.64. The fourth-order valence-corrected chi connectivity index (χ4v) is 3.58. The maximum Gasteiger partial charge on any atom is 0.124 e. The van der Waals surface area contributed by atoms with Gasteiger partial charge in [0.15, 0.2) is 0 Å². The minimum absolute atomic E-state index is 0.499. The molecule has 0 radical (unpaired) electrons. The third-order valence-corrected chi connectivity index (χ3v) is 4.97. The lowest BCUT2D eigenvalue weighted by atomic mass is 9.97. The summed E-state index contributed by atoms with van der Waals surface area (Å²) in [5.41, 5.74) is 1.36. The quantitative estimate of drug-likeness (QED) is 0.846. The van der Waals surface area contributed by atoms with Crippen molar-refractivity contribution in [1.82, 2.24) is 10.2 Å². The number of piperazine rings is 1. The molecular formula is C17H25BrN2O. The number of benzene rings is 1. The van der Waals surface area contributed by atoms with Gasteiger partial charge in [-0.2, -0.15) is 0 Å². The van der Waals surface area contributed by atoms with Gasteiger partial charge in [0.05, 0.1) is 6.61 Å². The lowest BCUT2D eigenvalue weighted by molar-refractivity contribution is 0.157. The lowest BCUT2D eigenvalue weighted by Gasteiger charge is -2.36. The van der Waals surface area contributed by atoms with E-state index >= 15 is 0 Å². The van der Waals surface area contributed by atoms with Crippen molar-refractivity contribution in [2.45, 2.75) is 32.2 Å². The van der Waals surface area contributed by atoms with Crippen molar-refractivity contribution in [3.8, 4) is 5.75 Å². The summed E-state index contributed by atoms with van der Waals surface area (Å²) in [6, 6.07) is 6.96. The van der Waals surface area contributed by atoms with Gasteiger partial charge in [-0.1, -0.05) is 28.8 Å². The fourth-order valence-electron chi connectivity index (χ4n) is 3.20. The van der Waals surface area contributed by atoms with Gasteiger partial charge in [0, 0.05) is 42.3 Å². The first kappa shape index (κ1) is 15.3. The highest BCUT2D eigenvalue weighted by molar-refractivity contribution is 9.10. The Morgan fingerprint density at radius 2 is 2.10 bits per heavy atom. The molecule has 1 aromatic rings. The Morgan fingerprint density at radius 3 is 2.76 bits per heavy atom. The Balaban J connectivity index is 1.88. The molecule has 3 nitrogen and oxygen atoms in total. The van der Waals surface area contributed by atoms with E-state index in [0.717, 1.165) is 48.9 Å². The Morgan fingerprint density at radius 1 is 1.33 bits per heavy atom. The topological polar surface area (TPSA) is 24.5 Å². The van der Waals surface area contributed by atoms with Crippen LogP contribution in [-0.4, -0.2) is 37.7 Å². The SMILES string of the molecule is CCOc1ccc(Br)cc1[C@@H](CC1CC1)N1CCNCC1. The van der Waals surface area contributed by atoms with Crippen molar-refractivity contribution in [3.05, 3.63) is 28.2 Å². The number of hydrogen-bond donors (Lipinski definition) is 1. The molecule has 1 atom stereocenters. The highest BCUT2D eigenvalue weighted by atomic mass is 79.9. The Hall–Kier alpha value is -0.580.